The van der Waals surface area contributed by atoms with Gasteiger partial charge in [0.25, 0.3) is 0 Å². The van der Waals surface area contributed by atoms with Gasteiger partial charge in [0.2, 0.25) is 0 Å². The Balaban J connectivity index is 1.05. The first kappa shape index (κ1) is 30.6. The summed E-state index contributed by atoms with van der Waals surface area (Å²) in [5.74, 6) is 0.994. The highest BCUT2D eigenvalue weighted by Gasteiger charge is 2.26. The monoisotopic (exact) mass is 672 g/mol. The number of benzene rings is 6. The molecule has 0 fully saturated rings. The molecule has 10 rings (SSSR count). The summed E-state index contributed by atoms with van der Waals surface area (Å²) in [6, 6.07) is 48.8. The second-order valence-corrected chi connectivity index (χ2v) is 13.9. The van der Waals surface area contributed by atoms with Crippen LogP contribution in [0.15, 0.2) is 182 Å². The van der Waals surface area contributed by atoms with Gasteiger partial charge in [-0.2, -0.15) is 0 Å². The van der Waals surface area contributed by atoms with Crippen LogP contribution in [0.5, 0.6) is 0 Å². The Kier molecular flexibility index (Phi) is 7.53. The minimum Gasteiger partial charge on any atom is -0.456 e. The lowest BCUT2D eigenvalue weighted by Crippen LogP contribution is -2.19. The van der Waals surface area contributed by atoms with E-state index in [0.717, 1.165) is 92.4 Å². The maximum Gasteiger partial charge on any atom is 0.155 e. The number of hydrogen-bond donors (Lipinski definition) is 0. The molecule has 0 saturated heterocycles. The van der Waals surface area contributed by atoms with Crippen LogP contribution in [-0.2, 0) is 0 Å². The molecule has 8 aromatic rings. The number of amidine groups is 1. The predicted molar refractivity (Wildman–Crippen MR) is 215 cm³/mol. The van der Waals surface area contributed by atoms with Gasteiger partial charge in [0.05, 0.1) is 11.8 Å². The Bertz CT molecular complexity index is 2740. The van der Waals surface area contributed by atoms with E-state index in [9.17, 15) is 0 Å². The SMILES string of the molecule is C1=CC(c2ccc(-c3ccc4oc5ccccc5c4c3)c3oc4ccccc4c23)CC(C2CCCC(c3ccccc3)=NC(c3ccccc3)=N2)=C1. The van der Waals surface area contributed by atoms with E-state index in [1.165, 1.54) is 22.1 Å². The fourth-order valence-corrected chi connectivity index (χ4v) is 8.17. The van der Waals surface area contributed by atoms with Gasteiger partial charge in [0, 0.05) is 38.6 Å². The van der Waals surface area contributed by atoms with E-state index < -0.39 is 0 Å². The summed E-state index contributed by atoms with van der Waals surface area (Å²) in [5, 5.41) is 4.57. The molecule has 0 N–H and O–H groups in total. The maximum absolute atomic E-state index is 6.73. The highest BCUT2D eigenvalue weighted by molar-refractivity contribution is 6.14. The van der Waals surface area contributed by atoms with Gasteiger partial charge in [0.15, 0.2) is 5.84 Å². The van der Waals surface area contributed by atoms with Crippen molar-refractivity contribution in [2.45, 2.75) is 37.6 Å². The van der Waals surface area contributed by atoms with Crippen LogP contribution in [-0.4, -0.2) is 17.6 Å². The number of hydrogen-bond acceptors (Lipinski definition) is 4. The third kappa shape index (κ3) is 5.39. The number of allylic oxidation sites excluding steroid dienone is 3. The summed E-state index contributed by atoms with van der Waals surface area (Å²) in [6.07, 6.45) is 10.7. The molecular formula is C48H36N2O2. The fraction of sp³-hybridized carbons (Fsp3) is 0.125. The first-order chi connectivity index (χ1) is 25.8. The van der Waals surface area contributed by atoms with Crippen LogP contribution < -0.4 is 0 Å². The topological polar surface area (TPSA) is 51.0 Å². The Hall–Kier alpha value is -6.26. The van der Waals surface area contributed by atoms with Crippen LogP contribution in [0.1, 0.15) is 48.3 Å². The summed E-state index contributed by atoms with van der Waals surface area (Å²) in [6.45, 7) is 0. The van der Waals surface area contributed by atoms with E-state index in [1.807, 2.05) is 12.1 Å². The number of fused-ring (bicyclic) bond motifs is 6. The van der Waals surface area contributed by atoms with Gasteiger partial charge < -0.3 is 8.83 Å². The Morgan fingerprint density at radius 2 is 1.31 bits per heavy atom. The molecule has 1 aliphatic heterocycles. The molecule has 52 heavy (non-hydrogen) atoms. The lowest BCUT2D eigenvalue weighted by Gasteiger charge is -2.26. The van der Waals surface area contributed by atoms with Crippen LogP contribution in [0.3, 0.4) is 0 Å². The van der Waals surface area contributed by atoms with Gasteiger partial charge >= 0.3 is 0 Å². The Morgan fingerprint density at radius 1 is 0.596 bits per heavy atom. The zero-order chi connectivity index (χ0) is 34.4. The number of nitrogens with zero attached hydrogens (tertiary/aromatic N) is 2. The summed E-state index contributed by atoms with van der Waals surface area (Å²) in [5.41, 5.74) is 11.8. The smallest absolute Gasteiger partial charge is 0.155 e. The standard InChI is InChI=1S/C48H36N2O2/c1-3-13-31(14-4-1)41-21-12-22-42(50-48(49-41)32-15-5-2-6-16-32)35-18-11-17-33(29-35)36-26-27-37(47-46(36)39-20-8-10-24-44(39)52-47)34-25-28-45-40(30-34)38-19-7-9-23-43(38)51-45/h1-11,13-20,23-28,30,33,42H,12,21-22,29H2. The third-order valence-electron chi connectivity index (χ3n) is 10.7. The first-order valence-corrected chi connectivity index (χ1v) is 18.3. The fourth-order valence-electron chi connectivity index (χ4n) is 8.17. The average Bonchev–Trinajstić information content (AvgIpc) is 3.77. The molecule has 0 amide bonds. The highest BCUT2D eigenvalue weighted by atomic mass is 16.3. The molecule has 0 radical (unpaired) electrons. The Morgan fingerprint density at radius 3 is 2.13 bits per heavy atom. The van der Waals surface area contributed by atoms with Crippen LogP contribution in [0.25, 0.3) is 55.0 Å². The number of para-hydroxylation sites is 2. The molecule has 0 bridgehead atoms. The predicted octanol–water partition coefficient (Wildman–Crippen LogP) is 12.6. The van der Waals surface area contributed by atoms with Crippen LogP contribution in [0.2, 0.25) is 0 Å². The van der Waals surface area contributed by atoms with Crippen molar-refractivity contribution in [3.8, 4) is 11.1 Å². The van der Waals surface area contributed by atoms with Crippen molar-refractivity contribution in [1.82, 2.24) is 0 Å². The molecule has 1 aliphatic carbocycles. The molecule has 4 nitrogen and oxygen atoms in total. The summed E-state index contributed by atoms with van der Waals surface area (Å²) < 4.78 is 12.9. The molecule has 3 heterocycles. The molecule has 0 spiro atoms. The first-order valence-electron chi connectivity index (χ1n) is 18.3. The second kappa shape index (κ2) is 12.8. The summed E-state index contributed by atoms with van der Waals surface area (Å²) in [4.78, 5) is 10.7. The van der Waals surface area contributed by atoms with Gasteiger partial charge in [-0.3, -0.25) is 4.99 Å². The van der Waals surface area contributed by atoms with Crippen molar-refractivity contribution in [2.75, 3.05) is 0 Å². The van der Waals surface area contributed by atoms with E-state index in [2.05, 4.69) is 146 Å². The van der Waals surface area contributed by atoms with Crippen LogP contribution >= 0.6 is 0 Å². The normalized spacial score (nSPS) is 18.0. The van der Waals surface area contributed by atoms with Gasteiger partial charge in [0.1, 0.15) is 22.3 Å². The van der Waals surface area contributed by atoms with Crippen molar-refractivity contribution in [1.29, 1.82) is 0 Å². The van der Waals surface area contributed by atoms with Crippen molar-refractivity contribution >= 4 is 55.4 Å². The van der Waals surface area contributed by atoms with E-state index in [0.29, 0.717) is 0 Å². The molecule has 2 aromatic heterocycles. The largest absolute Gasteiger partial charge is 0.456 e. The van der Waals surface area contributed by atoms with E-state index in [-0.39, 0.29) is 12.0 Å². The van der Waals surface area contributed by atoms with Gasteiger partial charge in [-0.05, 0) is 72.2 Å². The van der Waals surface area contributed by atoms with Crippen LogP contribution in [0, 0.1) is 0 Å². The molecule has 2 aliphatic rings. The average molecular weight is 673 g/mol. The van der Waals surface area contributed by atoms with Gasteiger partial charge in [-0.15, -0.1) is 0 Å². The minimum atomic E-state index is 0.0519. The lowest BCUT2D eigenvalue weighted by molar-refractivity contribution is 0.617. The Labute approximate surface area is 302 Å². The third-order valence-corrected chi connectivity index (χ3v) is 10.7. The molecular weight excluding hydrogens is 637 g/mol. The lowest BCUT2D eigenvalue weighted by atomic mass is 9.82. The molecule has 6 aromatic carbocycles. The van der Waals surface area contributed by atoms with Gasteiger partial charge in [-0.25, -0.2) is 4.99 Å². The molecule has 0 saturated carbocycles. The number of aliphatic imine (C=N–C) groups is 2. The quantitative estimate of drug-likeness (QED) is 0.183. The van der Waals surface area contributed by atoms with E-state index in [4.69, 9.17) is 18.8 Å². The van der Waals surface area contributed by atoms with Crippen molar-refractivity contribution in [3.05, 3.63) is 180 Å². The summed E-state index contributed by atoms with van der Waals surface area (Å²) in [7, 11) is 0. The zero-order valence-corrected chi connectivity index (χ0v) is 28.7. The second-order valence-electron chi connectivity index (χ2n) is 13.9. The van der Waals surface area contributed by atoms with E-state index >= 15 is 0 Å². The van der Waals surface area contributed by atoms with Crippen LogP contribution in [0.4, 0.5) is 0 Å². The number of furan rings is 2. The molecule has 4 heteroatoms. The highest BCUT2D eigenvalue weighted by Crippen LogP contribution is 2.44. The number of rotatable bonds is 5. The molecule has 250 valence electrons. The van der Waals surface area contributed by atoms with Crippen molar-refractivity contribution in [3.63, 3.8) is 0 Å². The minimum absolute atomic E-state index is 0.0519. The summed E-state index contributed by atoms with van der Waals surface area (Å²) >= 11 is 0. The molecule has 2 unspecified atom stereocenters. The van der Waals surface area contributed by atoms with Gasteiger partial charge in [-0.1, -0.05) is 133 Å². The maximum atomic E-state index is 6.73. The van der Waals surface area contributed by atoms with Crippen molar-refractivity contribution < 1.29 is 8.83 Å². The zero-order valence-electron chi connectivity index (χ0n) is 28.7. The van der Waals surface area contributed by atoms with Crippen molar-refractivity contribution in [2.24, 2.45) is 9.98 Å². The van der Waals surface area contributed by atoms with E-state index in [1.54, 1.807) is 0 Å². The molecule has 2 atom stereocenters.